The van der Waals surface area contributed by atoms with Gasteiger partial charge in [0.2, 0.25) is 0 Å². The quantitative estimate of drug-likeness (QED) is 0.931. The number of aromatic nitrogens is 1. The molecule has 1 unspecified atom stereocenters. The maximum atomic E-state index is 10.6. The zero-order valence-electron chi connectivity index (χ0n) is 12.5. The van der Waals surface area contributed by atoms with Gasteiger partial charge in [0.05, 0.1) is 12.3 Å². The number of pyridine rings is 1. The van der Waals surface area contributed by atoms with Gasteiger partial charge in [-0.25, -0.2) is 0 Å². The van der Waals surface area contributed by atoms with Crippen LogP contribution in [0.25, 0.3) is 0 Å². The molecule has 3 rings (SSSR count). The third kappa shape index (κ3) is 3.27. The molecule has 1 N–H and O–H groups in total. The highest BCUT2D eigenvalue weighted by Crippen LogP contribution is 2.35. The van der Waals surface area contributed by atoms with Crippen molar-refractivity contribution in [2.75, 3.05) is 0 Å². The zero-order chi connectivity index (χ0) is 14.8. The third-order valence-electron chi connectivity index (χ3n) is 3.71. The molecule has 112 valence electrons. The summed E-state index contributed by atoms with van der Waals surface area (Å²) in [5.41, 5.74) is 2.22. The van der Waals surface area contributed by atoms with Gasteiger partial charge in [-0.3, -0.25) is 4.98 Å². The molecule has 3 nitrogen and oxygen atoms in total. The topological polar surface area (TPSA) is 42.4 Å². The van der Waals surface area contributed by atoms with Crippen LogP contribution in [0.15, 0.2) is 24.5 Å². The summed E-state index contributed by atoms with van der Waals surface area (Å²) in [4.78, 5) is 6.65. The maximum absolute atomic E-state index is 10.6. The number of aryl methyl sites for hydroxylation is 2. The molecule has 0 saturated heterocycles. The first-order valence-electron chi connectivity index (χ1n) is 7.54. The highest BCUT2D eigenvalue weighted by Gasteiger charge is 2.19. The third-order valence-corrected chi connectivity index (χ3v) is 5.00. The predicted molar refractivity (Wildman–Crippen MR) is 85.0 cm³/mol. The number of hydrogen-bond donors (Lipinski definition) is 1. The lowest BCUT2D eigenvalue weighted by Gasteiger charge is -2.13. The van der Waals surface area contributed by atoms with E-state index >= 15 is 0 Å². The molecule has 21 heavy (non-hydrogen) atoms. The summed E-state index contributed by atoms with van der Waals surface area (Å²) in [6.07, 6.45) is 7.74. The fourth-order valence-corrected chi connectivity index (χ4v) is 4.01. The Morgan fingerprint density at radius 1 is 1.19 bits per heavy atom. The van der Waals surface area contributed by atoms with Crippen molar-refractivity contribution in [3.05, 3.63) is 45.4 Å². The standard InChI is InChI=1S/C17H21NO2S/c1-11(2)20-14-7-13(9-18-10-14)17(19)16-8-12-5-3-4-6-15(12)21-16/h7-11,17,19H,3-6H2,1-2H3. The van der Waals surface area contributed by atoms with Gasteiger partial charge < -0.3 is 9.84 Å². The van der Waals surface area contributed by atoms with Crippen LogP contribution in [0.1, 0.15) is 53.7 Å². The average molecular weight is 303 g/mol. The highest BCUT2D eigenvalue weighted by atomic mass is 32.1. The second-order valence-electron chi connectivity index (χ2n) is 5.83. The molecule has 2 heterocycles. The van der Waals surface area contributed by atoms with E-state index in [0.29, 0.717) is 5.75 Å². The lowest BCUT2D eigenvalue weighted by Crippen LogP contribution is -2.07. The Hall–Kier alpha value is -1.39. The summed E-state index contributed by atoms with van der Waals surface area (Å²) in [5, 5.41) is 10.6. The van der Waals surface area contributed by atoms with Crippen molar-refractivity contribution in [1.29, 1.82) is 0 Å². The second-order valence-corrected chi connectivity index (χ2v) is 7.00. The summed E-state index contributed by atoms with van der Waals surface area (Å²) < 4.78 is 5.65. The number of ether oxygens (including phenoxy) is 1. The fraction of sp³-hybridized carbons (Fsp3) is 0.471. The molecule has 0 amide bonds. The van der Waals surface area contributed by atoms with Crippen molar-refractivity contribution in [1.82, 2.24) is 4.98 Å². The second kappa shape index (κ2) is 6.16. The van der Waals surface area contributed by atoms with Crippen molar-refractivity contribution < 1.29 is 9.84 Å². The number of fused-ring (bicyclic) bond motifs is 1. The first-order chi connectivity index (χ1) is 10.1. The van der Waals surface area contributed by atoms with Gasteiger partial charge in [-0.15, -0.1) is 11.3 Å². The Bertz CT molecular complexity index is 598. The van der Waals surface area contributed by atoms with E-state index in [1.807, 2.05) is 19.9 Å². The van der Waals surface area contributed by atoms with Crippen LogP contribution in [-0.2, 0) is 12.8 Å². The van der Waals surface area contributed by atoms with Crippen molar-refractivity contribution in [3.63, 3.8) is 0 Å². The number of thiophene rings is 1. The predicted octanol–water partition coefficient (Wildman–Crippen LogP) is 3.89. The fourth-order valence-electron chi connectivity index (χ4n) is 2.73. The normalized spacial score (nSPS) is 15.8. The first kappa shape index (κ1) is 14.5. The van der Waals surface area contributed by atoms with Crippen molar-refractivity contribution in [2.24, 2.45) is 0 Å². The van der Waals surface area contributed by atoms with E-state index < -0.39 is 6.10 Å². The molecule has 0 bridgehead atoms. The van der Waals surface area contributed by atoms with Crippen LogP contribution >= 0.6 is 11.3 Å². The van der Waals surface area contributed by atoms with Crippen molar-refractivity contribution in [3.8, 4) is 5.75 Å². The van der Waals surface area contributed by atoms with E-state index in [2.05, 4.69) is 11.1 Å². The van der Waals surface area contributed by atoms with Crippen LogP contribution in [0, 0.1) is 0 Å². The smallest absolute Gasteiger partial charge is 0.138 e. The summed E-state index contributed by atoms with van der Waals surface area (Å²) in [7, 11) is 0. The van der Waals surface area contributed by atoms with Gasteiger partial charge in [0.25, 0.3) is 0 Å². The summed E-state index contributed by atoms with van der Waals surface area (Å²) in [5.74, 6) is 0.711. The van der Waals surface area contributed by atoms with E-state index in [-0.39, 0.29) is 6.10 Å². The molecule has 0 saturated carbocycles. The van der Waals surface area contributed by atoms with Crippen LogP contribution in [0.3, 0.4) is 0 Å². The molecule has 0 fully saturated rings. The van der Waals surface area contributed by atoms with Crippen LogP contribution < -0.4 is 4.74 Å². The zero-order valence-corrected chi connectivity index (χ0v) is 13.3. The molecular formula is C17H21NO2S. The van der Waals surface area contributed by atoms with Crippen molar-refractivity contribution in [2.45, 2.75) is 51.7 Å². The van der Waals surface area contributed by atoms with E-state index in [0.717, 1.165) is 23.3 Å². The van der Waals surface area contributed by atoms with Crippen molar-refractivity contribution >= 4 is 11.3 Å². The van der Waals surface area contributed by atoms with E-state index in [9.17, 15) is 5.11 Å². The minimum atomic E-state index is -0.608. The van der Waals surface area contributed by atoms with Gasteiger partial charge in [-0.05, 0) is 57.2 Å². The molecule has 1 aliphatic rings. The maximum Gasteiger partial charge on any atom is 0.138 e. The SMILES string of the molecule is CC(C)Oc1cncc(C(O)c2cc3c(s2)CCCC3)c1. The number of aliphatic hydroxyl groups excluding tert-OH is 1. The molecular weight excluding hydrogens is 282 g/mol. The number of nitrogens with zero attached hydrogens (tertiary/aromatic N) is 1. The summed E-state index contributed by atoms with van der Waals surface area (Å²) >= 11 is 1.74. The molecule has 0 aliphatic heterocycles. The average Bonchev–Trinajstić information content (AvgIpc) is 2.90. The molecule has 2 aromatic rings. The number of hydrogen-bond acceptors (Lipinski definition) is 4. The molecule has 0 aromatic carbocycles. The van der Waals surface area contributed by atoms with Gasteiger partial charge >= 0.3 is 0 Å². The number of aliphatic hydroxyl groups is 1. The Morgan fingerprint density at radius 2 is 2.00 bits per heavy atom. The molecule has 0 spiro atoms. The Kier molecular flexibility index (Phi) is 4.27. The van der Waals surface area contributed by atoms with E-state index in [1.165, 1.54) is 23.3 Å². The minimum absolute atomic E-state index is 0.105. The molecule has 1 aliphatic carbocycles. The molecule has 4 heteroatoms. The van der Waals surface area contributed by atoms with Crippen LogP contribution in [-0.4, -0.2) is 16.2 Å². The van der Waals surface area contributed by atoms with Gasteiger partial charge in [0.15, 0.2) is 0 Å². The van der Waals surface area contributed by atoms with Gasteiger partial charge in [-0.2, -0.15) is 0 Å². The van der Waals surface area contributed by atoms with E-state index in [4.69, 9.17) is 4.74 Å². The van der Waals surface area contributed by atoms with Gasteiger partial charge in [-0.1, -0.05) is 0 Å². The molecule has 2 aromatic heterocycles. The summed E-state index contributed by atoms with van der Waals surface area (Å²) in [6.45, 7) is 3.97. The van der Waals surface area contributed by atoms with Crippen LogP contribution in [0.2, 0.25) is 0 Å². The Morgan fingerprint density at radius 3 is 2.76 bits per heavy atom. The first-order valence-corrected chi connectivity index (χ1v) is 8.36. The molecule has 0 radical (unpaired) electrons. The lowest BCUT2D eigenvalue weighted by molar-refractivity contribution is 0.218. The monoisotopic (exact) mass is 303 g/mol. The van der Waals surface area contributed by atoms with Crippen LogP contribution in [0.5, 0.6) is 5.75 Å². The Balaban J connectivity index is 1.84. The Labute approximate surface area is 129 Å². The van der Waals surface area contributed by atoms with E-state index in [1.54, 1.807) is 23.7 Å². The van der Waals surface area contributed by atoms with Gasteiger partial charge in [0, 0.05) is 21.5 Å². The highest BCUT2D eigenvalue weighted by molar-refractivity contribution is 7.12. The van der Waals surface area contributed by atoms with Gasteiger partial charge in [0.1, 0.15) is 11.9 Å². The largest absolute Gasteiger partial charge is 0.489 e. The van der Waals surface area contributed by atoms with Crippen LogP contribution in [0.4, 0.5) is 0 Å². The molecule has 1 atom stereocenters. The number of rotatable bonds is 4. The lowest BCUT2D eigenvalue weighted by atomic mass is 9.98. The minimum Gasteiger partial charge on any atom is -0.489 e. The summed E-state index contributed by atoms with van der Waals surface area (Å²) in [6, 6.07) is 4.05.